The summed E-state index contributed by atoms with van der Waals surface area (Å²) in [7, 11) is 2.82. The van der Waals surface area contributed by atoms with E-state index in [4.69, 9.17) is 9.25 Å². The lowest BCUT2D eigenvalue weighted by molar-refractivity contribution is -0.0756. The minimum atomic E-state index is -0.459. The summed E-state index contributed by atoms with van der Waals surface area (Å²) in [6, 6.07) is 0. The highest BCUT2D eigenvalue weighted by Crippen LogP contribution is 2.22. The molecule has 1 amide bonds. The molecule has 0 aliphatic carbocycles. The Labute approximate surface area is 115 Å². The summed E-state index contributed by atoms with van der Waals surface area (Å²) < 4.78 is 6.73. The first kappa shape index (κ1) is 14.0. The zero-order valence-corrected chi connectivity index (χ0v) is 11.5. The van der Waals surface area contributed by atoms with Gasteiger partial charge < -0.3 is 4.42 Å². The molecular weight excluding hydrogens is 262 g/mol. The third-order valence-corrected chi connectivity index (χ3v) is 2.95. The molecule has 0 spiro atoms. The van der Waals surface area contributed by atoms with Crippen LogP contribution in [0, 0.1) is 6.92 Å². The number of hydrogen-bond acceptors (Lipinski definition) is 5. The van der Waals surface area contributed by atoms with E-state index in [1.807, 2.05) is 0 Å². The van der Waals surface area contributed by atoms with Gasteiger partial charge in [-0.2, -0.15) is 0 Å². The summed E-state index contributed by atoms with van der Waals surface area (Å²) in [5.74, 6) is -0.131. The van der Waals surface area contributed by atoms with Crippen LogP contribution in [0.2, 0.25) is 0 Å². The Hall–Kier alpha value is -2.41. The second-order valence-electron chi connectivity index (χ2n) is 4.19. The average Bonchev–Trinajstić information content (AvgIpc) is 2.77. The fourth-order valence-corrected chi connectivity index (χ4v) is 1.90. The van der Waals surface area contributed by atoms with Crippen LogP contribution in [-0.2, 0) is 11.4 Å². The molecule has 106 valence electrons. The van der Waals surface area contributed by atoms with E-state index in [0.29, 0.717) is 12.3 Å². The van der Waals surface area contributed by atoms with E-state index < -0.39 is 5.91 Å². The molecule has 0 N–H and O–H groups in total. The number of fused-ring (bicyclic) bond motifs is 1. The lowest BCUT2D eigenvalue weighted by Crippen LogP contribution is -2.28. The van der Waals surface area contributed by atoms with E-state index in [1.165, 1.54) is 25.1 Å². The van der Waals surface area contributed by atoms with Crippen LogP contribution in [0.1, 0.15) is 16.1 Å². The maximum atomic E-state index is 12.4. The SMILES string of the molecule is C=CCn1cnc2oc(C)c(C(=O)N(C)OC)c2c1=O. The van der Waals surface area contributed by atoms with Crippen LogP contribution in [0.5, 0.6) is 0 Å². The van der Waals surface area contributed by atoms with E-state index in [-0.39, 0.29) is 22.2 Å². The maximum Gasteiger partial charge on any atom is 0.281 e. The number of carbonyl (C=O) groups is 1. The van der Waals surface area contributed by atoms with Gasteiger partial charge >= 0.3 is 0 Å². The van der Waals surface area contributed by atoms with Crippen molar-refractivity contribution in [2.45, 2.75) is 13.5 Å². The smallest absolute Gasteiger partial charge is 0.281 e. The van der Waals surface area contributed by atoms with Gasteiger partial charge in [-0.05, 0) is 6.92 Å². The fraction of sp³-hybridized carbons (Fsp3) is 0.308. The molecule has 0 atom stereocenters. The largest absolute Gasteiger partial charge is 0.442 e. The molecule has 2 aromatic rings. The van der Waals surface area contributed by atoms with E-state index in [2.05, 4.69) is 11.6 Å². The zero-order valence-electron chi connectivity index (χ0n) is 11.5. The van der Waals surface area contributed by atoms with Gasteiger partial charge in [-0.25, -0.2) is 10.0 Å². The van der Waals surface area contributed by atoms with Crippen LogP contribution in [-0.4, -0.2) is 34.7 Å². The van der Waals surface area contributed by atoms with Crippen LogP contribution in [0.25, 0.3) is 11.1 Å². The number of allylic oxidation sites excluding steroid dienone is 1. The molecule has 0 aromatic carbocycles. The number of furan rings is 1. The number of rotatable bonds is 4. The standard InChI is InChI=1S/C13H15N3O4/c1-5-6-16-7-14-11-10(13(16)18)9(8(2)20-11)12(17)15(3)19-4/h5,7H,1,6H2,2-4H3. The highest BCUT2D eigenvalue weighted by Gasteiger charge is 2.25. The fourth-order valence-electron chi connectivity index (χ4n) is 1.90. The Morgan fingerprint density at radius 1 is 1.65 bits per heavy atom. The molecule has 7 nitrogen and oxygen atoms in total. The summed E-state index contributed by atoms with van der Waals surface area (Å²) in [6.07, 6.45) is 2.94. The molecule has 20 heavy (non-hydrogen) atoms. The third-order valence-electron chi connectivity index (χ3n) is 2.95. The van der Waals surface area contributed by atoms with E-state index >= 15 is 0 Å². The third kappa shape index (κ3) is 2.12. The minimum absolute atomic E-state index is 0.140. The molecule has 0 radical (unpaired) electrons. The number of nitrogens with zero attached hydrogens (tertiary/aromatic N) is 3. The molecule has 0 bridgehead atoms. The summed E-state index contributed by atoms with van der Waals surface area (Å²) in [4.78, 5) is 33.5. The van der Waals surface area contributed by atoms with Crippen molar-refractivity contribution in [3.05, 3.63) is 40.7 Å². The Bertz CT molecular complexity index is 729. The van der Waals surface area contributed by atoms with Crippen LogP contribution in [0.3, 0.4) is 0 Å². The predicted octanol–water partition coefficient (Wildman–Crippen LogP) is 1.12. The first-order chi connectivity index (χ1) is 9.51. The summed E-state index contributed by atoms with van der Waals surface area (Å²) >= 11 is 0. The van der Waals surface area contributed by atoms with Gasteiger partial charge in [0.1, 0.15) is 17.5 Å². The lowest BCUT2D eigenvalue weighted by Gasteiger charge is -2.12. The van der Waals surface area contributed by atoms with Crippen molar-refractivity contribution in [2.24, 2.45) is 0 Å². The van der Waals surface area contributed by atoms with Crippen LogP contribution < -0.4 is 5.56 Å². The Morgan fingerprint density at radius 2 is 2.35 bits per heavy atom. The number of aryl methyl sites for hydroxylation is 1. The van der Waals surface area contributed by atoms with Crippen LogP contribution in [0.4, 0.5) is 0 Å². The first-order valence-electron chi connectivity index (χ1n) is 5.92. The molecule has 0 unspecified atom stereocenters. The first-order valence-corrected chi connectivity index (χ1v) is 5.92. The topological polar surface area (TPSA) is 77.6 Å². The monoisotopic (exact) mass is 277 g/mol. The molecule has 0 fully saturated rings. The van der Waals surface area contributed by atoms with Crippen molar-refractivity contribution in [1.82, 2.24) is 14.6 Å². The molecule has 0 aliphatic heterocycles. The molecular formula is C13H15N3O4. The number of aromatic nitrogens is 2. The van der Waals surface area contributed by atoms with Gasteiger partial charge in [0.25, 0.3) is 11.5 Å². The van der Waals surface area contributed by atoms with Gasteiger partial charge in [0.2, 0.25) is 5.71 Å². The number of hydrogen-bond donors (Lipinski definition) is 0. The maximum absolute atomic E-state index is 12.4. The van der Waals surface area contributed by atoms with Gasteiger partial charge in [-0.3, -0.25) is 19.0 Å². The van der Waals surface area contributed by atoms with Crippen molar-refractivity contribution >= 4 is 17.0 Å². The number of amides is 1. The normalized spacial score (nSPS) is 10.8. The van der Waals surface area contributed by atoms with Crippen LogP contribution in [0.15, 0.2) is 28.2 Å². The highest BCUT2D eigenvalue weighted by molar-refractivity contribution is 6.05. The van der Waals surface area contributed by atoms with Crippen molar-refractivity contribution < 1.29 is 14.0 Å². The molecule has 0 saturated heterocycles. The van der Waals surface area contributed by atoms with E-state index in [0.717, 1.165) is 5.06 Å². The summed E-state index contributed by atoms with van der Waals surface area (Å²) in [5.41, 5.74) is -0.0412. The van der Waals surface area contributed by atoms with Gasteiger partial charge in [-0.15, -0.1) is 6.58 Å². The molecule has 2 aromatic heterocycles. The molecule has 2 rings (SSSR count). The Kier molecular flexibility index (Phi) is 3.71. The summed E-state index contributed by atoms with van der Waals surface area (Å²) in [5, 5.41) is 1.18. The lowest BCUT2D eigenvalue weighted by atomic mass is 10.2. The van der Waals surface area contributed by atoms with Crippen LogP contribution >= 0.6 is 0 Å². The molecule has 0 saturated carbocycles. The van der Waals surface area contributed by atoms with Crippen molar-refractivity contribution in [3.63, 3.8) is 0 Å². The average molecular weight is 277 g/mol. The minimum Gasteiger partial charge on any atom is -0.442 e. The van der Waals surface area contributed by atoms with Crippen molar-refractivity contribution in [2.75, 3.05) is 14.2 Å². The second kappa shape index (κ2) is 5.30. The molecule has 7 heteroatoms. The van der Waals surface area contributed by atoms with Crippen molar-refractivity contribution in [3.8, 4) is 0 Å². The van der Waals surface area contributed by atoms with Gasteiger partial charge in [0.15, 0.2) is 0 Å². The van der Waals surface area contributed by atoms with E-state index in [9.17, 15) is 9.59 Å². The van der Waals surface area contributed by atoms with Gasteiger partial charge in [0.05, 0.1) is 12.7 Å². The Morgan fingerprint density at radius 3 is 2.95 bits per heavy atom. The number of carbonyl (C=O) groups excluding carboxylic acids is 1. The molecule has 2 heterocycles. The highest BCUT2D eigenvalue weighted by atomic mass is 16.7. The second-order valence-corrected chi connectivity index (χ2v) is 4.19. The number of hydroxylamine groups is 2. The molecule has 0 aliphatic rings. The van der Waals surface area contributed by atoms with Crippen molar-refractivity contribution in [1.29, 1.82) is 0 Å². The predicted molar refractivity (Wildman–Crippen MR) is 72.3 cm³/mol. The van der Waals surface area contributed by atoms with Gasteiger partial charge in [-0.1, -0.05) is 6.08 Å². The van der Waals surface area contributed by atoms with E-state index in [1.54, 1.807) is 13.0 Å². The zero-order chi connectivity index (χ0) is 14.9. The Balaban J connectivity index is 2.74. The quantitative estimate of drug-likeness (QED) is 0.618. The summed E-state index contributed by atoms with van der Waals surface area (Å²) in [6.45, 7) is 5.49. The van der Waals surface area contributed by atoms with Gasteiger partial charge in [0, 0.05) is 13.6 Å².